The average molecular weight is 289 g/mol. The van der Waals surface area contributed by atoms with Crippen LogP contribution in [-0.4, -0.2) is 25.6 Å². The molecule has 5 nitrogen and oxygen atoms in total. The summed E-state index contributed by atoms with van der Waals surface area (Å²) in [5.41, 5.74) is 1.00. The molecule has 21 heavy (non-hydrogen) atoms. The van der Waals surface area contributed by atoms with Crippen molar-refractivity contribution in [1.29, 1.82) is 5.26 Å². The van der Waals surface area contributed by atoms with E-state index in [0.717, 1.165) is 6.42 Å². The molecule has 114 valence electrons. The quantitative estimate of drug-likeness (QED) is 0.809. The Bertz CT molecular complexity index is 521. The van der Waals surface area contributed by atoms with Gasteiger partial charge in [-0.15, -0.1) is 0 Å². The van der Waals surface area contributed by atoms with Gasteiger partial charge in [0.25, 0.3) is 0 Å². The van der Waals surface area contributed by atoms with Gasteiger partial charge in [-0.05, 0) is 31.4 Å². The number of rotatable bonds is 7. The monoisotopic (exact) mass is 289 g/mol. The van der Waals surface area contributed by atoms with Gasteiger partial charge in [-0.25, -0.2) is 0 Å². The Morgan fingerprint density at radius 2 is 2.10 bits per heavy atom. The van der Waals surface area contributed by atoms with Gasteiger partial charge >= 0.3 is 0 Å². The Morgan fingerprint density at radius 1 is 1.38 bits per heavy atom. The van der Waals surface area contributed by atoms with E-state index in [2.05, 4.69) is 30.6 Å². The number of methoxy groups -OCH3 is 1. The highest BCUT2D eigenvalue weighted by Gasteiger charge is 2.16. The Balaban J connectivity index is 2.72. The SMILES string of the molecule is COc1cccc(C#N)c1NC(C)C(=O)NCCC(C)C. The molecule has 0 bridgehead atoms. The van der Waals surface area contributed by atoms with Gasteiger partial charge in [0, 0.05) is 6.54 Å². The number of anilines is 1. The lowest BCUT2D eigenvalue weighted by Gasteiger charge is -2.18. The minimum absolute atomic E-state index is 0.0922. The van der Waals surface area contributed by atoms with Gasteiger partial charge in [0.05, 0.1) is 18.4 Å². The number of para-hydroxylation sites is 1. The van der Waals surface area contributed by atoms with Crippen LogP contribution in [0.1, 0.15) is 32.8 Å². The van der Waals surface area contributed by atoms with E-state index in [1.165, 1.54) is 7.11 Å². The van der Waals surface area contributed by atoms with E-state index in [9.17, 15) is 4.79 Å². The van der Waals surface area contributed by atoms with Crippen molar-refractivity contribution in [1.82, 2.24) is 5.32 Å². The molecule has 1 amide bonds. The molecule has 1 atom stereocenters. The first kappa shape index (κ1) is 16.8. The molecule has 2 N–H and O–H groups in total. The van der Waals surface area contributed by atoms with Crippen molar-refractivity contribution < 1.29 is 9.53 Å². The molecule has 0 radical (unpaired) electrons. The first-order valence-electron chi connectivity index (χ1n) is 7.11. The number of carbonyl (C=O) groups excluding carboxylic acids is 1. The number of nitrogens with zero attached hydrogens (tertiary/aromatic N) is 1. The normalized spacial score (nSPS) is 11.6. The lowest BCUT2D eigenvalue weighted by Crippen LogP contribution is -2.38. The minimum Gasteiger partial charge on any atom is -0.495 e. The van der Waals surface area contributed by atoms with Crippen LogP contribution in [0.25, 0.3) is 0 Å². The van der Waals surface area contributed by atoms with Crippen LogP contribution in [0.2, 0.25) is 0 Å². The number of ether oxygens (including phenoxy) is 1. The molecule has 1 aromatic carbocycles. The summed E-state index contributed by atoms with van der Waals surface area (Å²) in [6, 6.07) is 6.85. The van der Waals surface area contributed by atoms with Crippen LogP contribution in [0.3, 0.4) is 0 Å². The number of amides is 1. The maximum absolute atomic E-state index is 12.0. The van der Waals surface area contributed by atoms with Crippen LogP contribution < -0.4 is 15.4 Å². The average Bonchev–Trinajstić information content (AvgIpc) is 2.46. The molecular weight excluding hydrogens is 266 g/mol. The predicted molar refractivity (Wildman–Crippen MR) is 83.3 cm³/mol. The summed E-state index contributed by atoms with van der Waals surface area (Å²) < 4.78 is 5.24. The largest absolute Gasteiger partial charge is 0.495 e. The predicted octanol–water partition coefficient (Wildman–Crippen LogP) is 2.53. The van der Waals surface area contributed by atoms with Crippen molar-refractivity contribution in [2.24, 2.45) is 5.92 Å². The molecule has 0 spiro atoms. The molecule has 5 heteroatoms. The second-order valence-corrected chi connectivity index (χ2v) is 5.33. The Hall–Kier alpha value is -2.22. The van der Waals surface area contributed by atoms with E-state index < -0.39 is 6.04 Å². The van der Waals surface area contributed by atoms with Crippen molar-refractivity contribution in [2.45, 2.75) is 33.2 Å². The van der Waals surface area contributed by atoms with Crippen LogP contribution in [0.4, 0.5) is 5.69 Å². The van der Waals surface area contributed by atoms with E-state index in [4.69, 9.17) is 10.00 Å². The Labute approximate surface area is 126 Å². The van der Waals surface area contributed by atoms with Gasteiger partial charge in [-0.2, -0.15) is 5.26 Å². The van der Waals surface area contributed by atoms with Crippen LogP contribution >= 0.6 is 0 Å². The van der Waals surface area contributed by atoms with E-state index in [0.29, 0.717) is 29.5 Å². The fourth-order valence-corrected chi connectivity index (χ4v) is 1.86. The highest BCUT2D eigenvalue weighted by molar-refractivity contribution is 5.85. The summed E-state index contributed by atoms with van der Waals surface area (Å²) in [5.74, 6) is 1.01. The van der Waals surface area contributed by atoms with Crippen molar-refractivity contribution in [3.05, 3.63) is 23.8 Å². The highest BCUT2D eigenvalue weighted by atomic mass is 16.5. The topological polar surface area (TPSA) is 74.1 Å². The van der Waals surface area contributed by atoms with E-state index in [1.54, 1.807) is 25.1 Å². The molecule has 0 saturated carbocycles. The molecule has 0 aliphatic rings. The summed E-state index contributed by atoms with van der Waals surface area (Å²) >= 11 is 0. The summed E-state index contributed by atoms with van der Waals surface area (Å²) in [6.45, 7) is 6.64. The lowest BCUT2D eigenvalue weighted by atomic mass is 10.1. The molecule has 0 aliphatic heterocycles. The van der Waals surface area contributed by atoms with E-state index in [1.807, 2.05) is 0 Å². The molecule has 1 aromatic rings. The third-order valence-electron chi connectivity index (χ3n) is 3.14. The molecule has 0 saturated heterocycles. The van der Waals surface area contributed by atoms with Crippen molar-refractivity contribution in [3.8, 4) is 11.8 Å². The highest BCUT2D eigenvalue weighted by Crippen LogP contribution is 2.28. The fourth-order valence-electron chi connectivity index (χ4n) is 1.86. The molecule has 1 rings (SSSR count). The number of benzene rings is 1. The maximum Gasteiger partial charge on any atom is 0.242 e. The Morgan fingerprint density at radius 3 is 2.67 bits per heavy atom. The number of hydrogen-bond acceptors (Lipinski definition) is 4. The second kappa shape index (κ2) is 8.15. The maximum atomic E-state index is 12.0. The van der Waals surface area contributed by atoms with Crippen LogP contribution in [0, 0.1) is 17.2 Å². The fraction of sp³-hybridized carbons (Fsp3) is 0.500. The van der Waals surface area contributed by atoms with Crippen LogP contribution in [0.15, 0.2) is 18.2 Å². The molecule has 0 heterocycles. The second-order valence-electron chi connectivity index (χ2n) is 5.33. The zero-order chi connectivity index (χ0) is 15.8. The molecular formula is C16H23N3O2. The van der Waals surface area contributed by atoms with Crippen LogP contribution in [0.5, 0.6) is 5.75 Å². The lowest BCUT2D eigenvalue weighted by molar-refractivity contribution is -0.121. The zero-order valence-corrected chi connectivity index (χ0v) is 13.1. The molecule has 0 aromatic heterocycles. The number of nitriles is 1. The first-order valence-corrected chi connectivity index (χ1v) is 7.11. The van der Waals surface area contributed by atoms with Gasteiger partial charge in [0.15, 0.2) is 0 Å². The van der Waals surface area contributed by atoms with Crippen molar-refractivity contribution >= 4 is 11.6 Å². The summed E-state index contributed by atoms with van der Waals surface area (Å²) in [6.07, 6.45) is 0.941. The van der Waals surface area contributed by atoms with Gasteiger partial charge < -0.3 is 15.4 Å². The molecule has 0 aliphatic carbocycles. The summed E-state index contributed by atoms with van der Waals surface area (Å²) in [7, 11) is 1.54. The number of carbonyl (C=O) groups is 1. The summed E-state index contributed by atoms with van der Waals surface area (Å²) in [4.78, 5) is 12.0. The molecule has 1 unspecified atom stereocenters. The number of nitrogens with one attached hydrogen (secondary N) is 2. The van der Waals surface area contributed by atoms with E-state index >= 15 is 0 Å². The van der Waals surface area contributed by atoms with Crippen LogP contribution in [-0.2, 0) is 4.79 Å². The smallest absolute Gasteiger partial charge is 0.242 e. The standard InChI is InChI=1S/C16H23N3O2/c1-11(2)8-9-18-16(20)12(3)19-15-13(10-17)6-5-7-14(15)21-4/h5-7,11-12,19H,8-9H2,1-4H3,(H,18,20). The van der Waals surface area contributed by atoms with Gasteiger partial charge in [0.2, 0.25) is 5.91 Å². The summed E-state index contributed by atoms with van der Waals surface area (Å²) in [5, 5.41) is 15.1. The van der Waals surface area contributed by atoms with Crippen molar-refractivity contribution in [2.75, 3.05) is 19.0 Å². The number of hydrogen-bond donors (Lipinski definition) is 2. The van der Waals surface area contributed by atoms with Gasteiger partial charge in [-0.1, -0.05) is 19.9 Å². The third kappa shape index (κ3) is 4.99. The minimum atomic E-state index is -0.444. The molecule has 0 fully saturated rings. The zero-order valence-electron chi connectivity index (χ0n) is 13.1. The first-order chi connectivity index (χ1) is 9.99. The van der Waals surface area contributed by atoms with Gasteiger partial charge in [-0.3, -0.25) is 4.79 Å². The van der Waals surface area contributed by atoms with E-state index in [-0.39, 0.29) is 5.91 Å². The Kier molecular flexibility index (Phi) is 6.54. The van der Waals surface area contributed by atoms with Gasteiger partial charge in [0.1, 0.15) is 17.9 Å². The van der Waals surface area contributed by atoms with Crippen molar-refractivity contribution in [3.63, 3.8) is 0 Å². The third-order valence-corrected chi connectivity index (χ3v) is 3.14.